The van der Waals surface area contributed by atoms with Crippen LogP contribution < -0.4 is 0 Å². The number of halogens is 1. The monoisotopic (exact) mass is 166 g/mol. The highest BCUT2D eigenvalue weighted by Crippen LogP contribution is 1.94. The minimum atomic E-state index is -1.36. The number of ketones is 1. The van der Waals surface area contributed by atoms with Crippen molar-refractivity contribution in [3.05, 3.63) is 0 Å². The molecule has 0 saturated carbocycles. The van der Waals surface area contributed by atoms with E-state index in [0.717, 1.165) is 0 Å². The second kappa shape index (κ2) is 5.20. The quantitative estimate of drug-likeness (QED) is 0.543. The molecule has 1 rings (SSSR count). The van der Waals surface area contributed by atoms with Gasteiger partial charge < -0.3 is 9.84 Å². The lowest BCUT2D eigenvalue weighted by molar-refractivity contribution is -0.117. The largest absolute Gasteiger partial charge is 0.469 e. The molecule has 0 aromatic rings. The predicted octanol–water partition coefficient (Wildman–Crippen LogP) is 0.879. The van der Waals surface area contributed by atoms with Gasteiger partial charge in [-0.15, -0.1) is 0 Å². The van der Waals surface area contributed by atoms with Gasteiger partial charge >= 0.3 is 5.43 Å². The molecule has 4 nitrogen and oxygen atoms in total. The summed E-state index contributed by atoms with van der Waals surface area (Å²) in [5, 5.41) is 7.18. The Hall–Kier alpha value is -0.610. The average Bonchev–Trinajstić information content (AvgIpc) is 2.15. The summed E-state index contributed by atoms with van der Waals surface area (Å²) in [5.41, 5.74) is -1.36. The zero-order chi connectivity index (χ0) is 7.98. The molecule has 0 radical (unpaired) electrons. The van der Waals surface area contributed by atoms with Gasteiger partial charge in [-0.1, -0.05) is 0 Å². The Morgan fingerprint density at radius 3 is 2.30 bits per heavy atom. The van der Waals surface area contributed by atoms with Gasteiger partial charge in [-0.25, -0.2) is 4.79 Å². The maximum absolute atomic E-state index is 10.1. The van der Waals surface area contributed by atoms with E-state index in [0.29, 0.717) is 19.6 Å². The zero-order valence-corrected chi connectivity index (χ0v) is 5.93. The molecule has 5 heteroatoms. The van der Waals surface area contributed by atoms with E-state index in [-0.39, 0.29) is 5.78 Å². The van der Waals surface area contributed by atoms with Crippen LogP contribution in [0.15, 0.2) is 0 Å². The molecular weight excluding hydrogens is 160 g/mol. The van der Waals surface area contributed by atoms with Gasteiger partial charge in [0.2, 0.25) is 0 Å². The fraction of sp³-hybridized carbons (Fsp3) is 0.600. The molecule has 0 unspecified atom stereocenters. The lowest BCUT2D eigenvalue weighted by Crippen LogP contribution is -1.91. The Morgan fingerprint density at radius 2 is 2.20 bits per heavy atom. The van der Waals surface area contributed by atoms with E-state index in [1.807, 2.05) is 0 Å². The van der Waals surface area contributed by atoms with Gasteiger partial charge in [0.25, 0.3) is 0 Å². The van der Waals surface area contributed by atoms with Crippen molar-refractivity contribution in [2.75, 3.05) is 13.2 Å². The number of ether oxygens (including phenoxy) is 1. The van der Waals surface area contributed by atoms with E-state index in [4.69, 9.17) is 14.6 Å². The summed E-state index contributed by atoms with van der Waals surface area (Å²) >= 11 is 4.19. The van der Waals surface area contributed by atoms with Gasteiger partial charge in [0.1, 0.15) is 6.61 Å². The number of carboxylic acid groups (broad SMARTS) is 1. The standard InChI is InChI=1S/C4H6O2.CHClO2/c5-4-1-2-6-3-4;2-1(3)4/h1-3H2;(H,3,4). The van der Waals surface area contributed by atoms with Crippen molar-refractivity contribution in [3.63, 3.8) is 0 Å². The molecule has 0 amide bonds. The second-order valence-corrected chi connectivity index (χ2v) is 1.92. The summed E-state index contributed by atoms with van der Waals surface area (Å²) in [6.07, 6.45) is 0.625. The molecule has 0 spiro atoms. The summed E-state index contributed by atoms with van der Waals surface area (Å²) in [5.74, 6) is 0.231. The molecular formula is C5H7ClO4. The van der Waals surface area contributed by atoms with Gasteiger partial charge in [0, 0.05) is 18.0 Å². The van der Waals surface area contributed by atoms with Crippen LogP contribution in [0.4, 0.5) is 4.79 Å². The first-order valence-electron chi connectivity index (χ1n) is 2.61. The highest BCUT2D eigenvalue weighted by Gasteiger charge is 2.07. The van der Waals surface area contributed by atoms with Crippen LogP contribution in [-0.2, 0) is 9.53 Å². The topological polar surface area (TPSA) is 63.6 Å². The average molecular weight is 167 g/mol. The minimum absolute atomic E-state index is 0.231. The third-order valence-electron chi connectivity index (χ3n) is 0.788. The Bertz CT molecular complexity index is 122. The first-order chi connectivity index (χ1) is 4.63. The molecule has 0 atom stereocenters. The van der Waals surface area contributed by atoms with E-state index in [9.17, 15) is 4.79 Å². The maximum Gasteiger partial charge on any atom is 0.401 e. The molecule has 0 aromatic carbocycles. The maximum atomic E-state index is 10.1. The van der Waals surface area contributed by atoms with E-state index >= 15 is 0 Å². The third kappa shape index (κ3) is 7.39. The number of Topliss-reactive ketones (excluding diaryl/α,β-unsaturated/α-hetero) is 1. The van der Waals surface area contributed by atoms with Crippen molar-refractivity contribution in [1.82, 2.24) is 0 Å². The van der Waals surface area contributed by atoms with E-state index < -0.39 is 5.43 Å². The second-order valence-electron chi connectivity index (χ2n) is 1.59. The summed E-state index contributed by atoms with van der Waals surface area (Å²) in [6.45, 7) is 0.985. The lowest BCUT2D eigenvalue weighted by Gasteiger charge is -1.75. The van der Waals surface area contributed by atoms with Crippen LogP contribution in [0.2, 0.25) is 0 Å². The predicted molar refractivity (Wildman–Crippen MR) is 34.3 cm³/mol. The Balaban J connectivity index is 0.000000180. The summed E-state index contributed by atoms with van der Waals surface area (Å²) in [7, 11) is 0. The smallest absolute Gasteiger partial charge is 0.401 e. The zero-order valence-electron chi connectivity index (χ0n) is 5.17. The molecule has 1 fully saturated rings. The van der Waals surface area contributed by atoms with Crippen molar-refractivity contribution < 1.29 is 19.4 Å². The molecule has 0 aliphatic carbocycles. The molecule has 0 bridgehead atoms. The Labute approximate surface area is 62.7 Å². The number of hydrogen-bond donors (Lipinski definition) is 1. The Morgan fingerprint density at radius 1 is 1.70 bits per heavy atom. The third-order valence-corrected chi connectivity index (χ3v) is 0.788. The summed E-state index contributed by atoms with van der Waals surface area (Å²) < 4.78 is 4.71. The first kappa shape index (κ1) is 9.39. The molecule has 10 heavy (non-hydrogen) atoms. The van der Waals surface area contributed by atoms with Crippen LogP contribution in [0.3, 0.4) is 0 Å². The van der Waals surface area contributed by atoms with E-state index in [1.165, 1.54) is 0 Å². The molecule has 1 N–H and O–H groups in total. The van der Waals surface area contributed by atoms with Gasteiger partial charge in [-0.3, -0.25) is 4.79 Å². The normalized spacial score (nSPS) is 15.9. The van der Waals surface area contributed by atoms with Crippen molar-refractivity contribution in [2.45, 2.75) is 6.42 Å². The van der Waals surface area contributed by atoms with Crippen LogP contribution in [0.5, 0.6) is 0 Å². The van der Waals surface area contributed by atoms with Crippen molar-refractivity contribution in [3.8, 4) is 0 Å². The first-order valence-corrected chi connectivity index (χ1v) is 2.98. The highest BCUT2D eigenvalue weighted by atomic mass is 35.5. The van der Waals surface area contributed by atoms with Crippen LogP contribution in [0, 0.1) is 0 Å². The number of rotatable bonds is 0. The number of carbonyl (C=O) groups excluding carboxylic acids is 1. The van der Waals surface area contributed by atoms with Crippen molar-refractivity contribution in [2.24, 2.45) is 0 Å². The van der Waals surface area contributed by atoms with Crippen LogP contribution in [0.1, 0.15) is 6.42 Å². The molecule has 1 aliphatic rings. The van der Waals surface area contributed by atoms with Gasteiger partial charge in [-0.2, -0.15) is 0 Å². The Kier molecular flexibility index (Phi) is 4.88. The van der Waals surface area contributed by atoms with E-state index in [1.54, 1.807) is 0 Å². The highest BCUT2D eigenvalue weighted by molar-refractivity contribution is 6.60. The van der Waals surface area contributed by atoms with Gasteiger partial charge in [0.05, 0.1) is 6.61 Å². The van der Waals surface area contributed by atoms with Crippen LogP contribution >= 0.6 is 11.6 Å². The SMILES string of the molecule is O=C(O)Cl.O=C1CCOC1. The fourth-order valence-electron chi connectivity index (χ4n) is 0.444. The number of hydrogen-bond acceptors (Lipinski definition) is 3. The van der Waals surface area contributed by atoms with Crippen molar-refractivity contribution in [1.29, 1.82) is 0 Å². The van der Waals surface area contributed by atoms with Crippen LogP contribution in [0.25, 0.3) is 0 Å². The molecule has 1 aliphatic heterocycles. The van der Waals surface area contributed by atoms with Crippen molar-refractivity contribution >= 4 is 22.8 Å². The molecule has 58 valence electrons. The lowest BCUT2D eigenvalue weighted by atomic mass is 10.4. The number of carbonyl (C=O) groups is 2. The fourth-order valence-corrected chi connectivity index (χ4v) is 0.444. The van der Waals surface area contributed by atoms with E-state index in [2.05, 4.69) is 11.6 Å². The van der Waals surface area contributed by atoms with Gasteiger partial charge in [-0.05, 0) is 0 Å². The van der Waals surface area contributed by atoms with Gasteiger partial charge in [0.15, 0.2) is 5.78 Å². The minimum Gasteiger partial charge on any atom is -0.469 e. The summed E-state index contributed by atoms with van der Waals surface area (Å²) in [6, 6.07) is 0. The molecule has 1 saturated heterocycles. The molecule has 0 aromatic heterocycles. The molecule has 1 heterocycles. The van der Waals surface area contributed by atoms with Crippen LogP contribution in [-0.4, -0.2) is 29.5 Å². The summed E-state index contributed by atoms with van der Waals surface area (Å²) in [4.78, 5) is 18.9.